The molecule has 28 heavy (non-hydrogen) atoms. The number of hydrogen-bond donors (Lipinski definition) is 1. The van der Waals surface area contributed by atoms with Crippen molar-refractivity contribution in [2.45, 2.75) is 19.1 Å². The number of para-hydroxylation sites is 1. The third-order valence-electron chi connectivity index (χ3n) is 4.74. The summed E-state index contributed by atoms with van der Waals surface area (Å²) in [5, 5.41) is 0.110. The van der Waals surface area contributed by atoms with Gasteiger partial charge in [0.25, 0.3) is 11.5 Å². The number of nitrogens with zero attached hydrogens (tertiary/aromatic N) is 2. The number of methoxy groups -OCH3 is 1. The van der Waals surface area contributed by atoms with Gasteiger partial charge in [-0.05, 0) is 24.4 Å². The Hall–Kier alpha value is -3.04. The molecule has 0 bridgehead atoms. The van der Waals surface area contributed by atoms with E-state index in [0.29, 0.717) is 0 Å². The van der Waals surface area contributed by atoms with Crippen molar-refractivity contribution in [2.75, 3.05) is 26.7 Å². The van der Waals surface area contributed by atoms with Crippen LogP contribution >= 0.6 is 0 Å². The Morgan fingerprint density at radius 3 is 2.57 bits per heavy atom. The quantitative estimate of drug-likeness (QED) is 0.802. The van der Waals surface area contributed by atoms with Crippen molar-refractivity contribution in [1.29, 1.82) is 0 Å². The number of fused-ring (bicyclic) bond motifs is 1. The van der Waals surface area contributed by atoms with Gasteiger partial charge in [0.2, 0.25) is 0 Å². The second-order valence-corrected chi connectivity index (χ2v) is 6.54. The molecule has 1 atom stereocenters. The van der Waals surface area contributed by atoms with Crippen LogP contribution in [-0.4, -0.2) is 59.6 Å². The highest BCUT2D eigenvalue weighted by atomic mass is 19.4. The maximum absolute atomic E-state index is 13.1. The van der Waals surface area contributed by atoms with Crippen molar-refractivity contribution in [3.8, 4) is 0 Å². The molecule has 1 aliphatic rings. The number of carbonyl (C=O) groups is 2. The summed E-state index contributed by atoms with van der Waals surface area (Å²) in [6.07, 6.45) is -5.14. The highest BCUT2D eigenvalue weighted by molar-refractivity contribution is 5.97. The number of rotatable bonds is 1. The molecule has 2 heterocycles. The lowest BCUT2D eigenvalue weighted by molar-refractivity contribution is -0.136. The zero-order valence-corrected chi connectivity index (χ0v) is 15.2. The van der Waals surface area contributed by atoms with Crippen LogP contribution < -0.4 is 5.56 Å². The Kier molecular flexibility index (Phi) is 5.05. The van der Waals surface area contributed by atoms with Crippen LogP contribution in [0.3, 0.4) is 0 Å². The van der Waals surface area contributed by atoms with Gasteiger partial charge in [-0.1, -0.05) is 12.1 Å². The van der Waals surface area contributed by atoms with Gasteiger partial charge in [0.15, 0.2) is 0 Å². The molecule has 150 valence electrons. The van der Waals surface area contributed by atoms with Gasteiger partial charge < -0.3 is 19.5 Å². The Morgan fingerprint density at radius 1 is 1.25 bits per heavy atom. The van der Waals surface area contributed by atoms with E-state index in [1.165, 1.54) is 35.1 Å². The van der Waals surface area contributed by atoms with Crippen LogP contribution in [0, 0.1) is 0 Å². The molecule has 1 N–H and O–H groups in total. The van der Waals surface area contributed by atoms with E-state index < -0.39 is 29.3 Å². The molecule has 0 radical (unpaired) electrons. The van der Waals surface area contributed by atoms with Gasteiger partial charge in [-0.2, -0.15) is 13.2 Å². The van der Waals surface area contributed by atoms with E-state index in [-0.39, 0.29) is 42.1 Å². The number of ether oxygens (including phenoxy) is 1. The average Bonchev–Trinajstić information content (AvgIpc) is 2.65. The SMILES string of the molecule is COC(=O)N1CCN(C(=O)c2cc3cccc(C(F)(F)F)c3[nH]c2=O)C[C@@H]1C. The number of halogens is 3. The Bertz CT molecular complexity index is 986. The lowest BCUT2D eigenvalue weighted by atomic mass is 10.1. The highest BCUT2D eigenvalue weighted by Gasteiger charge is 2.34. The average molecular weight is 397 g/mol. The van der Waals surface area contributed by atoms with Crippen LogP contribution in [0.5, 0.6) is 0 Å². The number of aromatic nitrogens is 1. The minimum atomic E-state index is -4.63. The first kappa shape index (κ1) is 19.7. The van der Waals surface area contributed by atoms with Crippen molar-refractivity contribution < 1.29 is 27.5 Å². The molecule has 7 nitrogen and oxygen atoms in total. The molecule has 1 aromatic carbocycles. The molecule has 1 saturated heterocycles. The molecule has 10 heteroatoms. The van der Waals surface area contributed by atoms with Gasteiger partial charge in [-0.25, -0.2) is 4.79 Å². The third-order valence-corrected chi connectivity index (χ3v) is 4.74. The van der Waals surface area contributed by atoms with E-state index in [9.17, 15) is 27.6 Å². The molecule has 2 aromatic rings. The van der Waals surface area contributed by atoms with E-state index in [2.05, 4.69) is 9.72 Å². The van der Waals surface area contributed by atoms with E-state index in [1.54, 1.807) is 6.92 Å². The summed E-state index contributed by atoms with van der Waals surface area (Å²) in [6.45, 7) is 2.31. The Morgan fingerprint density at radius 2 is 1.96 bits per heavy atom. The first-order chi connectivity index (χ1) is 13.1. The topological polar surface area (TPSA) is 82.7 Å². The van der Waals surface area contributed by atoms with Crippen molar-refractivity contribution in [3.05, 3.63) is 45.7 Å². The summed E-state index contributed by atoms with van der Waals surface area (Å²) >= 11 is 0. The van der Waals surface area contributed by atoms with Crippen LogP contribution in [0.15, 0.2) is 29.1 Å². The monoisotopic (exact) mass is 397 g/mol. The number of piperazine rings is 1. The lowest BCUT2D eigenvalue weighted by Gasteiger charge is -2.38. The first-order valence-electron chi connectivity index (χ1n) is 8.50. The first-order valence-corrected chi connectivity index (χ1v) is 8.50. The van der Waals surface area contributed by atoms with Gasteiger partial charge >= 0.3 is 12.3 Å². The van der Waals surface area contributed by atoms with E-state index in [4.69, 9.17) is 0 Å². The van der Waals surface area contributed by atoms with Gasteiger partial charge in [-0.15, -0.1) is 0 Å². The number of amides is 2. The third kappa shape index (κ3) is 3.54. The molecular formula is C18H18F3N3O4. The van der Waals surface area contributed by atoms with Crippen molar-refractivity contribution in [1.82, 2.24) is 14.8 Å². The molecule has 0 unspecified atom stereocenters. The summed E-state index contributed by atoms with van der Waals surface area (Å²) in [7, 11) is 1.26. The maximum atomic E-state index is 13.1. The van der Waals surface area contributed by atoms with E-state index in [1.807, 2.05) is 0 Å². The lowest BCUT2D eigenvalue weighted by Crippen LogP contribution is -2.55. The predicted octanol–water partition coefficient (Wildman–Crippen LogP) is 2.46. The zero-order chi connectivity index (χ0) is 20.6. The van der Waals surface area contributed by atoms with Crippen LogP contribution in [0.25, 0.3) is 10.9 Å². The summed E-state index contributed by atoms with van der Waals surface area (Å²) in [5.41, 5.74) is -2.47. The molecule has 0 spiro atoms. The zero-order valence-electron chi connectivity index (χ0n) is 15.2. The summed E-state index contributed by atoms with van der Waals surface area (Å²) in [5.74, 6) is -0.600. The molecular weight excluding hydrogens is 379 g/mol. The molecule has 0 aliphatic carbocycles. The number of benzene rings is 1. The number of H-pyrrole nitrogens is 1. The fourth-order valence-electron chi connectivity index (χ4n) is 3.33. The van der Waals surface area contributed by atoms with Crippen LogP contribution in [0.2, 0.25) is 0 Å². The Balaban J connectivity index is 1.92. The second kappa shape index (κ2) is 7.17. The molecule has 1 aromatic heterocycles. The van der Waals surface area contributed by atoms with Crippen LogP contribution in [-0.2, 0) is 10.9 Å². The number of alkyl halides is 3. The molecule has 1 aliphatic heterocycles. The molecule has 0 saturated carbocycles. The fraction of sp³-hybridized carbons (Fsp3) is 0.389. The van der Waals surface area contributed by atoms with Gasteiger partial charge in [0, 0.05) is 25.7 Å². The number of pyridine rings is 1. The van der Waals surface area contributed by atoms with E-state index in [0.717, 1.165) is 6.07 Å². The summed E-state index contributed by atoms with van der Waals surface area (Å²) in [4.78, 5) is 41.9. The van der Waals surface area contributed by atoms with Gasteiger partial charge in [-0.3, -0.25) is 9.59 Å². The van der Waals surface area contributed by atoms with Crippen LogP contribution in [0.4, 0.5) is 18.0 Å². The van der Waals surface area contributed by atoms with Gasteiger partial charge in [0.1, 0.15) is 5.56 Å². The minimum absolute atomic E-state index is 0.110. The number of carbonyl (C=O) groups excluding carboxylic acids is 2. The normalized spacial score (nSPS) is 17.7. The molecule has 3 rings (SSSR count). The largest absolute Gasteiger partial charge is 0.453 e. The van der Waals surface area contributed by atoms with Crippen LogP contribution in [0.1, 0.15) is 22.8 Å². The van der Waals surface area contributed by atoms with Crippen molar-refractivity contribution >= 4 is 22.9 Å². The smallest absolute Gasteiger partial charge is 0.418 e. The van der Waals surface area contributed by atoms with Crippen molar-refractivity contribution in [3.63, 3.8) is 0 Å². The second-order valence-electron chi connectivity index (χ2n) is 6.54. The number of nitrogens with one attached hydrogen (secondary N) is 1. The fourth-order valence-corrected chi connectivity index (χ4v) is 3.33. The summed E-state index contributed by atoms with van der Waals surface area (Å²) < 4.78 is 44.1. The predicted molar refractivity (Wildman–Crippen MR) is 94.0 cm³/mol. The van der Waals surface area contributed by atoms with Gasteiger partial charge in [0.05, 0.1) is 18.2 Å². The number of aromatic amines is 1. The van der Waals surface area contributed by atoms with Crippen molar-refractivity contribution in [2.24, 2.45) is 0 Å². The molecule has 2 amide bonds. The summed E-state index contributed by atoms with van der Waals surface area (Å²) in [6, 6.07) is 4.32. The number of hydrogen-bond acceptors (Lipinski definition) is 4. The minimum Gasteiger partial charge on any atom is -0.453 e. The molecule has 1 fully saturated rings. The highest BCUT2D eigenvalue weighted by Crippen LogP contribution is 2.33. The standard InChI is InChI=1S/C18H18F3N3O4/c1-10-9-23(6-7-24(10)17(27)28-2)16(26)12-8-11-4-3-5-13(18(19,20)21)14(11)22-15(12)25/h3-5,8,10H,6-7,9H2,1-2H3,(H,22,25)/t10-/m0/s1. The van der Waals surface area contributed by atoms with E-state index >= 15 is 0 Å². The Labute approximate surface area is 157 Å². The maximum Gasteiger partial charge on any atom is 0.418 e.